The summed E-state index contributed by atoms with van der Waals surface area (Å²) in [6, 6.07) is 16.4. The highest BCUT2D eigenvalue weighted by molar-refractivity contribution is 5.44. The Morgan fingerprint density at radius 2 is 1.75 bits per heavy atom. The van der Waals surface area contributed by atoms with Crippen molar-refractivity contribution in [2.75, 3.05) is 6.61 Å². The van der Waals surface area contributed by atoms with Crippen molar-refractivity contribution in [1.82, 2.24) is 0 Å². The third-order valence-electron chi connectivity index (χ3n) is 5.79. The first-order valence-corrected chi connectivity index (χ1v) is 9.83. The normalized spacial score (nSPS) is 27.4. The Balaban J connectivity index is 1.56. The predicted molar refractivity (Wildman–Crippen MR) is 104 cm³/mol. The van der Waals surface area contributed by atoms with Crippen molar-refractivity contribution in [3.8, 4) is 6.07 Å². The quantitative estimate of drug-likeness (QED) is 0.742. The summed E-state index contributed by atoms with van der Waals surface area (Å²) in [5.41, 5.74) is 4.89. The summed E-state index contributed by atoms with van der Waals surface area (Å²) in [7, 11) is 0. The van der Waals surface area contributed by atoms with Gasteiger partial charge in [0.25, 0.3) is 0 Å². The van der Waals surface area contributed by atoms with Gasteiger partial charge in [0.1, 0.15) is 12.2 Å². The highest BCUT2D eigenvalue weighted by Crippen LogP contribution is 2.40. The highest BCUT2D eigenvalue weighted by Gasteiger charge is 2.37. The Bertz CT molecular complexity index is 869. The predicted octanol–water partition coefficient (Wildman–Crippen LogP) is 2.57. The SMILES string of the molecule is N#Cc1ccc([C@H]2C[C@@H](O)[C@H](O)[C@@H](CO)O2)cc1Cc1ccc(C2CC2)cc1. The van der Waals surface area contributed by atoms with E-state index in [-0.39, 0.29) is 13.0 Å². The van der Waals surface area contributed by atoms with Crippen LogP contribution >= 0.6 is 0 Å². The van der Waals surface area contributed by atoms with E-state index in [9.17, 15) is 20.6 Å². The van der Waals surface area contributed by atoms with E-state index < -0.39 is 24.4 Å². The number of nitriles is 1. The lowest BCUT2D eigenvalue weighted by atomic mass is 9.91. The molecule has 1 saturated heterocycles. The molecule has 0 bridgehead atoms. The monoisotopic (exact) mass is 379 g/mol. The van der Waals surface area contributed by atoms with Gasteiger partial charge in [-0.25, -0.2) is 0 Å². The van der Waals surface area contributed by atoms with E-state index >= 15 is 0 Å². The van der Waals surface area contributed by atoms with Crippen LogP contribution in [0.1, 0.15) is 59.1 Å². The third-order valence-corrected chi connectivity index (χ3v) is 5.79. The van der Waals surface area contributed by atoms with Crippen LogP contribution in [0, 0.1) is 11.3 Å². The fourth-order valence-electron chi connectivity index (χ4n) is 3.93. The summed E-state index contributed by atoms with van der Waals surface area (Å²) in [6.45, 7) is -0.356. The van der Waals surface area contributed by atoms with E-state index in [1.165, 1.54) is 18.4 Å². The molecule has 0 radical (unpaired) electrons. The summed E-state index contributed by atoms with van der Waals surface area (Å²) in [6.07, 6.45) is 0.145. The largest absolute Gasteiger partial charge is 0.394 e. The molecular formula is C23H25NO4. The topological polar surface area (TPSA) is 93.7 Å². The van der Waals surface area contributed by atoms with Gasteiger partial charge in [-0.05, 0) is 53.5 Å². The molecule has 146 valence electrons. The summed E-state index contributed by atoms with van der Waals surface area (Å²) >= 11 is 0. The standard InChI is InChI=1S/C23H25NO4/c24-12-18-8-7-17(21-11-20(26)23(27)22(13-25)28-21)10-19(18)9-14-1-3-15(4-2-14)16-5-6-16/h1-4,7-8,10,16,20-23,25-27H,5-6,9,11,13H2/t20-,21-,22-,23+/m1/s1. The number of aliphatic hydroxyl groups is 3. The maximum atomic E-state index is 10.1. The van der Waals surface area contributed by atoms with Crippen LogP contribution in [-0.4, -0.2) is 40.2 Å². The minimum atomic E-state index is -1.09. The van der Waals surface area contributed by atoms with E-state index in [1.807, 2.05) is 12.1 Å². The second-order valence-corrected chi connectivity index (χ2v) is 7.86. The zero-order valence-electron chi connectivity index (χ0n) is 15.7. The molecule has 3 N–H and O–H groups in total. The summed E-state index contributed by atoms with van der Waals surface area (Å²) < 4.78 is 5.79. The van der Waals surface area contributed by atoms with E-state index in [4.69, 9.17) is 4.74 Å². The first kappa shape index (κ1) is 19.1. The molecule has 2 aliphatic rings. The lowest BCUT2D eigenvalue weighted by Crippen LogP contribution is -2.47. The molecule has 1 aliphatic carbocycles. The van der Waals surface area contributed by atoms with Crippen molar-refractivity contribution in [1.29, 1.82) is 5.26 Å². The van der Waals surface area contributed by atoms with Crippen molar-refractivity contribution in [3.05, 3.63) is 70.3 Å². The van der Waals surface area contributed by atoms with E-state index in [0.29, 0.717) is 12.0 Å². The first-order valence-electron chi connectivity index (χ1n) is 9.83. The molecule has 5 heteroatoms. The molecule has 5 nitrogen and oxygen atoms in total. The van der Waals surface area contributed by atoms with Gasteiger partial charge < -0.3 is 20.1 Å². The van der Waals surface area contributed by atoms with Crippen LogP contribution < -0.4 is 0 Å². The third kappa shape index (κ3) is 3.96. The molecule has 4 atom stereocenters. The van der Waals surface area contributed by atoms with Crippen molar-refractivity contribution in [3.63, 3.8) is 0 Å². The number of hydrogen-bond acceptors (Lipinski definition) is 5. The van der Waals surface area contributed by atoms with Crippen LogP contribution in [0.5, 0.6) is 0 Å². The van der Waals surface area contributed by atoms with E-state index in [2.05, 4.69) is 30.3 Å². The summed E-state index contributed by atoms with van der Waals surface area (Å²) in [5, 5.41) is 38.9. The minimum absolute atomic E-state index is 0.249. The Labute approximate surface area is 164 Å². The Kier molecular flexibility index (Phi) is 5.47. The zero-order chi connectivity index (χ0) is 19.7. The van der Waals surface area contributed by atoms with Crippen molar-refractivity contribution in [2.45, 2.75) is 56.0 Å². The second-order valence-electron chi connectivity index (χ2n) is 7.86. The average Bonchev–Trinajstić information content (AvgIpc) is 3.56. The molecule has 1 aliphatic heterocycles. The maximum absolute atomic E-state index is 10.1. The number of nitrogens with zero attached hydrogens (tertiary/aromatic N) is 1. The van der Waals surface area contributed by atoms with Gasteiger partial charge in [-0.3, -0.25) is 0 Å². The van der Waals surface area contributed by atoms with Crippen LogP contribution in [0.25, 0.3) is 0 Å². The van der Waals surface area contributed by atoms with Crippen molar-refractivity contribution < 1.29 is 20.1 Å². The highest BCUT2D eigenvalue weighted by atomic mass is 16.5. The zero-order valence-corrected chi connectivity index (χ0v) is 15.7. The molecule has 1 heterocycles. The van der Waals surface area contributed by atoms with Gasteiger partial charge in [-0.2, -0.15) is 5.26 Å². The molecule has 1 saturated carbocycles. The first-order chi connectivity index (χ1) is 13.6. The summed E-state index contributed by atoms with van der Waals surface area (Å²) in [4.78, 5) is 0. The maximum Gasteiger partial charge on any atom is 0.110 e. The number of rotatable bonds is 5. The fourth-order valence-corrected chi connectivity index (χ4v) is 3.93. The van der Waals surface area contributed by atoms with Crippen LogP contribution in [0.4, 0.5) is 0 Å². The van der Waals surface area contributed by atoms with Gasteiger partial charge in [0, 0.05) is 6.42 Å². The molecule has 4 rings (SSSR count). The van der Waals surface area contributed by atoms with Crippen molar-refractivity contribution in [2.24, 2.45) is 0 Å². The smallest absolute Gasteiger partial charge is 0.110 e. The lowest BCUT2D eigenvalue weighted by molar-refractivity contribution is -0.181. The van der Waals surface area contributed by atoms with E-state index in [0.717, 1.165) is 22.6 Å². The molecule has 28 heavy (non-hydrogen) atoms. The Morgan fingerprint density at radius 1 is 1.04 bits per heavy atom. The fraction of sp³-hybridized carbons (Fsp3) is 0.435. The van der Waals surface area contributed by atoms with Gasteiger partial charge in [0.05, 0.1) is 30.4 Å². The second kappa shape index (κ2) is 8.02. The molecule has 0 unspecified atom stereocenters. The van der Waals surface area contributed by atoms with E-state index in [1.54, 1.807) is 6.07 Å². The summed E-state index contributed by atoms with van der Waals surface area (Å²) in [5.74, 6) is 0.719. The number of aliphatic hydroxyl groups excluding tert-OH is 3. The molecular weight excluding hydrogens is 354 g/mol. The number of hydrogen-bond donors (Lipinski definition) is 3. The van der Waals surface area contributed by atoms with Crippen LogP contribution in [0.2, 0.25) is 0 Å². The number of benzene rings is 2. The molecule has 0 spiro atoms. The van der Waals surface area contributed by atoms with Crippen molar-refractivity contribution >= 4 is 0 Å². The van der Waals surface area contributed by atoms with Gasteiger partial charge in [-0.1, -0.05) is 36.4 Å². The van der Waals surface area contributed by atoms with Crippen LogP contribution in [-0.2, 0) is 11.2 Å². The Hall–Kier alpha value is -2.23. The molecule has 0 aromatic heterocycles. The number of ether oxygens (including phenoxy) is 1. The molecule has 2 aromatic carbocycles. The average molecular weight is 379 g/mol. The molecule has 2 aromatic rings. The van der Waals surface area contributed by atoms with Crippen LogP contribution in [0.15, 0.2) is 42.5 Å². The Morgan fingerprint density at radius 3 is 2.39 bits per heavy atom. The van der Waals surface area contributed by atoms with Gasteiger partial charge in [-0.15, -0.1) is 0 Å². The van der Waals surface area contributed by atoms with Gasteiger partial charge in [0.15, 0.2) is 0 Å². The van der Waals surface area contributed by atoms with Gasteiger partial charge in [0.2, 0.25) is 0 Å². The molecule has 0 amide bonds. The van der Waals surface area contributed by atoms with Gasteiger partial charge >= 0.3 is 0 Å². The lowest BCUT2D eigenvalue weighted by Gasteiger charge is -2.36. The van der Waals surface area contributed by atoms with Crippen LogP contribution in [0.3, 0.4) is 0 Å². The minimum Gasteiger partial charge on any atom is -0.394 e. The molecule has 2 fully saturated rings.